The molecule has 4 atom stereocenters. The standard InChI is InChI=1S/C36H61N3O6/c1-23(2)27(18-31(37)33(40)22-30(24(3)4)36(42)38-28-12-14-29(44-6)15-13-28)21-35(41)39-32-19-25-10-7-8-11-26(25)20-34(32)45-17-9-16-43-5/h19-20,23-24,27-31,33,40H,7-18,21-22,37H2,1-6H3,(H,38,42)(H,39,41)/t27-,28?,29?,30+,31+,33+/m1/s1. The number of hydrogen-bond donors (Lipinski definition) is 4. The van der Waals surface area contributed by atoms with Gasteiger partial charge in [0.1, 0.15) is 5.75 Å². The number of aliphatic hydroxyl groups excluding tert-OH is 1. The fourth-order valence-corrected chi connectivity index (χ4v) is 6.77. The zero-order valence-electron chi connectivity index (χ0n) is 28.7. The first-order valence-corrected chi connectivity index (χ1v) is 17.4. The average molecular weight is 632 g/mol. The van der Waals surface area contributed by atoms with Crippen molar-refractivity contribution >= 4 is 17.5 Å². The molecule has 1 fully saturated rings. The van der Waals surface area contributed by atoms with Gasteiger partial charge in [-0.1, -0.05) is 27.7 Å². The number of aryl methyl sites for hydroxylation is 2. The Labute approximate surface area is 271 Å². The van der Waals surface area contributed by atoms with Crippen LogP contribution in [0.25, 0.3) is 0 Å². The highest BCUT2D eigenvalue weighted by Crippen LogP contribution is 2.34. The van der Waals surface area contributed by atoms with Crippen LogP contribution in [0.4, 0.5) is 5.69 Å². The first-order chi connectivity index (χ1) is 21.5. The first kappa shape index (κ1) is 37.3. The third kappa shape index (κ3) is 11.8. The molecular formula is C36H61N3O6. The summed E-state index contributed by atoms with van der Waals surface area (Å²) in [5, 5.41) is 17.5. The van der Waals surface area contributed by atoms with Crippen LogP contribution in [0, 0.1) is 23.7 Å². The van der Waals surface area contributed by atoms with Crippen molar-refractivity contribution in [3.8, 4) is 5.75 Å². The molecule has 256 valence electrons. The molecule has 1 saturated carbocycles. The number of fused-ring (bicyclic) bond motifs is 1. The second-order valence-electron chi connectivity index (χ2n) is 14.0. The predicted molar refractivity (Wildman–Crippen MR) is 179 cm³/mol. The number of aliphatic hydroxyl groups is 1. The van der Waals surface area contributed by atoms with Gasteiger partial charge in [-0.15, -0.1) is 0 Å². The summed E-state index contributed by atoms with van der Waals surface area (Å²) < 4.78 is 16.7. The van der Waals surface area contributed by atoms with Crippen molar-refractivity contribution in [2.75, 3.05) is 32.8 Å². The molecule has 1 aromatic rings. The molecular weight excluding hydrogens is 570 g/mol. The highest BCUT2D eigenvalue weighted by molar-refractivity contribution is 5.92. The second-order valence-corrected chi connectivity index (χ2v) is 14.0. The van der Waals surface area contributed by atoms with E-state index >= 15 is 0 Å². The zero-order chi connectivity index (χ0) is 32.9. The number of ether oxygens (including phenoxy) is 3. The highest BCUT2D eigenvalue weighted by Gasteiger charge is 2.32. The topological polar surface area (TPSA) is 132 Å². The molecule has 9 heteroatoms. The van der Waals surface area contributed by atoms with Gasteiger partial charge in [0.2, 0.25) is 11.8 Å². The molecule has 0 bridgehead atoms. The predicted octanol–water partition coefficient (Wildman–Crippen LogP) is 5.40. The Bertz CT molecular complexity index is 1060. The van der Waals surface area contributed by atoms with E-state index in [0.29, 0.717) is 37.5 Å². The summed E-state index contributed by atoms with van der Waals surface area (Å²) in [6.45, 7) is 9.34. The van der Waals surface area contributed by atoms with Gasteiger partial charge in [0.15, 0.2) is 0 Å². The van der Waals surface area contributed by atoms with Gasteiger partial charge in [0.05, 0.1) is 24.5 Å². The maximum absolute atomic E-state index is 13.4. The fraction of sp³-hybridized carbons (Fsp3) is 0.778. The van der Waals surface area contributed by atoms with E-state index in [9.17, 15) is 14.7 Å². The molecule has 0 radical (unpaired) electrons. The number of anilines is 1. The Morgan fingerprint density at radius 3 is 2.22 bits per heavy atom. The Hall–Kier alpha value is -2.20. The van der Waals surface area contributed by atoms with Crippen molar-refractivity contribution < 1.29 is 28.9 Å². The van der Waals surface area contributed by atoms with Crippen molar-refractivity contribution in [1.29, 1.82) is 0 Å². The lowest BCUT2D eigenvalue weighted by molar-refractivity contribution is -0.128. The van der Waals surface area contributed by atoms with Crippen molar-refractivity contribution in [2.24, 2.45) is 29.4 Å². The summed E-state index contributed by atoms with van der Waals surface area (Å²) in [4.78, 5) is 26.7. The zero-order valence-corrected chi connectivity index (χ0v) is 28.7. The molecule has 9 nitrogen and oxygen atoms in total. The molecule has 0 saturated heterocycles. The fourth-order valence-electron chi connectivity index (χ4n) is 6.77. The van der Waals surface area contributed by atoms with Crippen molar-refractivity contribution in [2.45, 2.75) is 129 Å². The minimum atomic E-state index is -0.843. The van der Waals surface area contributed by atoms with Gasteiger partial charge in [0.25, 0.3) is 0 Å². The van der Waals surface area contributed by atoms with Gasteiger partial charge < -0.3 is 35.7 Å². The minimum Gasteiger partial charge on any atom is -0.491 e. The molecule has 0 heterocycles. The number of rotatable bonds is 18. The number of carbonyl (C=O) groups is 2. The Kier molecular flexibility index (Phi) is 15.6. The lowest BCUT2D eigenvalue weighted by Crippen LogP contribution is -2.46. The molecule has 0 aliphatic heterocycles. The van der Waals surface area contributed by atoms with Crippen LogP contribution in [0.2, 0.25) is 0 Å². The summed E-state index contributed by atoms with van der Waals surface area (Å²) >= 11 is 0. The van der Waals surface area contributed by atoms with E-state index in [1.54, 1.807) is 14.2 Å². The maximum Gasteiger partial charge on any atom is 0.224 e. The van der Waals surface area contributed by atoms with Crippen LogP contribution >= 0.6 is 0 Å². The summed E-state index contributed by atoms with van der Waals surface area (Å²) in [5.41, 5.74) is 9.86. The monoisotopic (exact) mass is 631 g/mol. The van der Waals surface area contributed by atoms with E-state index in [4.69, 9.17) is 19.9 Å². The molecule has 5 N–H and O–H groups in total. The molecule has 0 aromatic heterocycles. The van der Waals surface area contributed by atoms with E-state index in [2.05, 4.69) is 36.6 Å². The summed E-state index contributed by atoms with van der Waals surface area (Å²) in [7, 11) is 3.42. The number of amides is 2. The number of methoxy groups -OCH3 is 2. The number of carbonyl (C=O) groups excluding carboxylic acids is 2. The van der Waals surface area contributed by atoms with E-state index in [1.807, 2.05) is 13.8 Å². The second kappa shape index (κ2) is 18.8. The molecule has 3 rings (SSSR count). The van der Waals surface area contributed by atoms with Crippen LogP contribution in [-0.2, 0) is 31.9 Å². The largest absolute Gasteiger partial charge is 0.491 e. The molecule has 0 unspecified atom stereocenters. The lowest BCUT2D eigenvalue weighted by Gasteiger charge is -2.32. The summed E-state index contributed by atoms with van der Waals surface area (Å²) in [6, 6.07) is 3.78. The van der Waals surface area contributed by atoms with Crippen LogP contribution in [0.5, 0.6) is 5.75 Å². The normalized spacial score (nSPS) is 21.1. The van der Waals surface area contributed by atoms with E-state index in [0.717, 1.165) is 51.4 Å². The molecule has 2 amide bonds. The third-order valence-corrected chi connectivity index (χ3v) is 9.92. The maximum atomic E-state index is 13.4. The van der Waals surface area contributed by atoms with Gasteiger partial charge in [-0.25, -0.2) is 0 Å². The summed E-state index contributed by atoms with van der Waals surface area (Å²) in [5.74, 6) is 0.500. The van der Waals surface area contributed by atoms with Crippen LogP contribution in [0.15, 0.2) is 12.1 Å². The lowest BCUT2D eigenvalue weighted by atomic mass is 9.81. The van der Waals surface area contributed by atoms with Gasteiger partial charge >= 0.3 is 0 Å². The van der Waals surface area contributed by atoms with E-state index in [-0.39, 0.29) is 54.1 Å². The van der Waals surface area contributed by atoms with Crippen molar-refractivity contribution in [3.05, 3.63) is 23.3 Å². The van der Waals surface area contributed by atoms with Crippen molar-refractivity contribution in [1.82, 2.24) is 5.32 Å². The number of nitrogens with two attached hydrogens (primary N) is 1. The molecule has 2 aliphatic rings. The highest BCUT2D eigenvalue weighted by atomic mass is 16.5. The Morgan fingerprint density at radius 1 is 0.956 bits per heavy atom. The smallest absolute Gasteiger partial charge is 0.224 e. The molecule has 1 aromatic carbocycles. The van der Waals surface area contributed by atoms with E-state index < -0.39 is 12.1 Å². The van der Waals surface area contributed by atoms with Gasteiger partial charge in [-0.3, -0.25) is 9.59 Å². The third-order valence-electron chi connectivity index (χ3n) is 9.92. The number of hydrogen-bond acceptors (Lipinski definition) is 7. The molecule has 2 aliphatic carbocycles. The number of nitrogens with one attached hydrogen (secondary N) is 2. The Balaban J connectivity index is 1.59. The SMILES string of the molecule is COCCCOc1cc2c(cc1NC(=O)C[C@@H](C[C@H](N)[C@@H](O)C[C@H](C(=O)NC1CCC(OC)CC1)C(C)C)C(C)C)CCCC2. The van der Waals surface area contributed by atoms with Crippen LogP contribution < -0.4 is 21.1 Å². The van der Waals surface area contributed by atoms with Crippen molar-refractivity contribution in [3.63, 3.8) is 0 Å². The van der Waals surface area contributed by atoms with Crippen LogP contribution in [-0.4, -0.2) is 68.6 Å². The van der Waals surface area contributed by atoms with Gasteiger partial charge in [0, 0.05) is 51.7 Å². The first-order valence-electron chi connectivity index (χ1n) is 17.4. The average Bonchev–Trinajstić information content (AvgIpc) is 3.01. The van der Waals surface area contributed by atoms with Crippen LogP contribution in [0.1, 0.15) is 103 Å². The van der Waals surface area contributed by atoms with E-state index in [1.165, 1.54) is 17.5 Å². The quantitative estimate of drug-likeness (QED) is 0.160. The Morgan fingerprint density at radius 2 is 1.62 bits per heavy atom. The number of benzene rings is 1. The molecule has 0 spiro atoms. The molecule has 45 heavy (non-hydrogen) atoms. The van der Waals surface area contributed by atoms with Crippen LogP contribution in [0.3, 0.4) is 0 Å². The summed E-state index contributed by atoms with van der Waals surface area (Å²) in [6.07, 6.45) is 9.34. The van der Waals surface area contributed by atoms with Gasteiger partial charge in [-0.2, -0.15) is 0 Å². The van der Waals surface area contributed by atoms with Gasteiger partial charge in [-0.05, 0) is 105 Å². The minimum absolute atomic E-state index is 0.0119.